The van der Waals surface area contributed by atoms with E-state index in [1.807, 2.05) is 24.3 Å². The van der Waals surface area contributed by atoms with Gasteiger partial charge >= 0.3 is 0 Å². The summed E-state index contributed by atoms with van der Waals surface area (Å²) in [5.74, 6) is 1.84. The summed E-state index contributed by atoms with van der Waals surface area (Å²) in [5.41, 5.74) is 7.10. The number of methoxy groups -OCH3 is 2. The van der Waals surface area contributed by atoms with Crippen LogP contribution < -0.4 is 20.5 Å². The van der Waals surface area contributed by atoms with Gasteiger partial charge in [0.25, 0.3) is 0 Å². The van der Waals surface area contributed by atoms with Crippen molar-refractivity contribution >= 4 is 26.5 Å². The van der Waals surface area contributed by atoms with Crippen LogP contribution in [0.1, 0.15) is 18.3 Å². The van der Waals surface area contributed by atoms with Crippen LogP contribution in [0.15, 0.2) is 53.4 Å². The highest BCUT2D eigenvalue weighted by Gasteiger charge is 2.25. The highest BCUT2D eigenvalue weighted by Crippen LogP contribution is 2.21. The van der Waals surface area contributed by atoms with Gasteiger partial charge in [0.2, 0.25) is 5.13 Å². The van der Waals surface area contributed by atoms with Gasteiger partial charge in [-0.3, -0.25) is 0 Å². The fourth-order valence-electron chi connectivity index (χ4n) is 2.95. The molecule has 2 aromatic carbocycles. The van der Waals surface area contributed by atoms with Gasteiger partial charge in [0.1, 0.15) is 17.3 Å². The predicted molar refractivity (Wildman–Crippen MR) is 122 cm³/mol. The Labute approximate surface area is 186 Å². The first-order chi connectivity index (χ1) is 14.8. The minimum absolute atomic E-state index is 0.165. The van der Waals surface area contributed by atoms with Crippen LogP contribution in [0.25, 0.3) is 0 Å². The molecule has 2 unspecified atom stereocenters. The highest BCUT2D eigenvalue weighted by atomic mass is 32.2. The summed E-state index contributed by atoms with van der Waals surface area (Å²) in [5, 5.41) is 3.68. The van der Waals surface area contributed by atoms with Gasteiger partial charge in [0, 0.05) is 24.0 Å². The fourth-order valence-corrected chi connectivity index (χ4v) is 5.20. The molecule has 0 radical (unpaired) electrons. The maximum Gasteiger partial charge on any atom is 0.202 e. The summed E-state index contributed by atoms with van der Waals surface area (Å²) >= 11 is 1.18. The number of aromatic nitrogens is 2. The summed E-state index contributed by atoms with van der Waals surface area (Å²) in [7, 11) is -0.401. The summed E-state index contributed by atoms with van der Waals surface area (Å²) in [6.45, 7) is 1.76. The average Bonchev–Trinajstić information content (AvgIpc) is 3.20. The normalized spacial score (nSPS) is 13.4. The predicted octanol–water partition coefficient (Wildman–Crippen LogP) is 2.75. The monoisotopic (exact) mass is 462 g/mol. The molecule has 2 atom stereocenters. The van der Waals surface area contributed by atoms with E-state index in [1.54, 1.807) is 26.2 Å². The first-order valence-electron chi connectivity index (χ1n) is 9.65. The number of sulfone groups is 1. The van der Waals surface area contributed by atoms with Crippen molar-refractivity contribution in [2.24, 2.45) is 5.73 Å². The second kappa shape index (κ2) is 10.1. The minimum Gasteiger partial charge on any atom is -0.497 e. The molecule has 1 heterocycles. The molecule has 0 saturated carbocycles. The second-order valence-electron chi connectivity index (χ2n) is 7.11. The van der Waals surface area contributed by atoms with E-state index >= 15 is 0 Å². The van der Waals surface area contributed by atoms with Gasteiger partial charge in [-0.2, -0.15) is 4.37 Å². The Morgan fingerprint density at radius 1 is 1.10 bits per heavy atom. The zero-order valence-electron chi connectivity index (χ0n) is 17.6. The average molecular weight is 463 g/mol. The van der Waals surface area contributed by atoms with Crippen molar-refractivity contribution in [3.05, 3.63) is 59.9 Å². The highest BCUT2D eigenvalue weighted by molar-refractivity contribution is 7.91. The molecule has 0 aliphatic rings. The Morgan fingerprint density at radius 3 is 2.45 bits per heavy atom. The van der Waals surface area contributed by atoms with Crippen LogP contribution in [-0.4, -0.2) is 49.8 Å². The summed E-state index contributed by atoms with van der Waals surface area (Å²) in [6.07, 6.45) is 0.544. The molecule has 3 N–H and O–H groups in total. The number of hydrogen-bond acceptors (Lipinski definition) is 9. The van der Waals surface area contributed by atoms with E-state index in [0.29, 0.717) is 23.1 Å². The van der Waals surface area contributed by atoms with E-state index in [-0.39, 0.29) is 10.6 Å². The molecule has 0 fully saturated rings. The molecule has 31 heavy (non-hydrogen) atoms. The molecule has 3 rings (SSSR count). The van der Waals surface area contributed by atoms with Crippen LogP contribution in [0.3, 0.4) is 0 Å². The number of nitrogens with zero attached hydrogens (tertiary/aromatic N) is 2. The maximum absolute atomic E-state index is 12.9. The summed E-state index contributed by atoms with van der Waals surface area (Å²) < 4.78 is 40.4. The standard InChI is InChI=1S/C21H26N4O4S2/c1-14(22)19(13-31(26,27)18-9-7-16(28-2)8-10-18)23-21-24-20(25-30-21)12-15-5-4-6-17(11-15)29-3/h4-11,14,19H,12-13,22H2,1-3H3,(H,23,24,25). The van der Waals surface area contributed by atoms with E-state index in [2.05, 4.69) is 14.7 Å². The molecule has 3 aromatic rings. The Bertz CT molecular complexity index is 1100. The number of anilines is 1. The lowest BCUT2D eigenvalue weighted by molar-refractivity contribution is 0.414. The van der Waals surface area contributed by atoms with E-state index in [1.165, 1.54) is 30.8 Å². The van der Waals surface area contributed by atoms with Gasteiger partial charge in [-0.1, -0.05) is 12.1 Å². The number of rotatable bonds is 10. The molecule has 0 aliphatic carbocycles. The molecule has 10 heteroatoms. The number of benzene rings is 2. The number of ether oxygens (including phenoxy) is 2. The largest absolute Gasteiger partial charge is 0.497 e. The van der Waals surface area contributed by atoms with Gasteiger partial charge in [-0.25, -0.2) is 13.4 Å². The molecule has 0 amide bonds. The lowest BCUT2D eigenvalue weighted by atomic mass is 10.1. The van der Waals surface area contributed by atoms with Crippen molar-refractivity contribution in [2.45, 2.75) is 30.3 Å². The number of nitrogens with one attached hydrogen (secondary N) is 1. The van der Waals surface area contributed by atoms with Gasteiger partial charge in [0.05, 0.1) is 30.9 Å². The number of nitrogens with two attached hydrogens (primary N) is 1. The summed E-state index contributed by atoms with van der Waals surface area (Å²) in [6, 6.07) is 13.1. The third-order valence-electron chi connectivity index (χ3n) is 4.73. The van der Waals surface area contributed by atoms with Crippen LogP contribution in [0, 0.1) is 0 Å². The molecular formula is C21H26N4O4S2. The Hall–Kier alpha value is -2.69. The SMILES string of the molecule is COc1ccc(S(=O)(=O)CC(Nc2nc(Cc3cccc(OC)c3)ns2)C(C)N)cc1. The van der Waals surface area contributed by atoms with E-state index < -0.39 is 21.9 Å². The first-order valence-corrected chi connectivity index (χ1v) is 12.1. The third kappa shape index (κ3) is 6.16. The molecule has 1 aromatic heterocycles. The van der Waals surface area contributed by atoms with Crippen molar-refractivity contribution in [1.29, 1.82) is 0 Å². The maximum atomic E-state index is 12.9. The lowest BCUT2D eigenvalue weighted by Crippen LogP contribution is -2.43. The van der Waals surface area contributed by atoms with Crippen LogP contribution in [0.2, 0.25) is 0 Å². The van der Waals surface area contributed by atoms with E-state index in [4.69, 9.17) is 15.2 Å². The summed E-state index contributed by atoms with van der Waals surface area (Å²) in [4.78, 5) is 4.72. The third-order valence-corrected chi connectivity index (χ3v) is 7.20. The van der Waals surface area contributed by atoms with Gasteiger partial charge < -0.3 is 20.5 Å². The Morgan fingerprint density at radius 2 is 1.81 bits per heavy atom. The molecule has 0 bridgehead atoms. The van der Waals surface area contributed by atoms with Crippen LogP contribution >= 0.6 is 11.5 Å². The Balaban J connectivity index is 1.70. The zero-order chi connectivity index (χ0) is 22.4. The van der Waals surface area contributed by atoms with Crippen LogP contribution in [0.5, 0.6) is 11.5 Å². The van der Waals surface area contributed by atoms with Crippen LogP contribution in [-0.2, 0) is 16.3 Å². The Kier molecular flexibility index (Phi) is 7.47. The van der Waals surface area contributed by atoms with E-state index in [9.17, 15) is 8.42 Å². The van der Waals surface area contributed by atoms with Gasteiger partial charge in [-0.05, 0) is 48.9 Å². The lowest BCUT2D eigenvalue weighted by Gasteiger charge is -2.21. The molecule has 0 aliphatic heterocycles. The van der Waals surface area contributed by atoms with E-state index in [0.717, 1.165) is 11.3 Å². The molecule has 166 valence electrons. The van der Waals surface area contributed by atoms with Crippen molar-refractivity contribution in [1.82, 2.24) is 9.36 Å². The quantitative estimate of drug-likeness (QED) is 0.472. The topological polar surface area (TPSA) is 116 Å². The minimum atomic E-state index is -3.55. The molecular weight excluding hydrogens is 436 g/mol. The zero-order valence-corrected chi connectivity index (χ0v) is 19.2. The second-order valence-corrected chi connectivity index (χ2v) is 9.90. The molecule has 0 spiro atoms. The fraction of sp³-hybridized carbons (Fsp3) is 0.333. The van der Waals surface area contributed by atoms with Crippen molar-refractivity contribution in [2.75, 3.05) is 25.3 Å². The van der Waals surface area contributed by atoms with Crippen molar-refractivity contribution in [3.8, 4) is 11.5 Å². The number of hydrogen-bond donors (Lipinski definition) is 2. The van der Waals surface area contributed by atoms with Crippen molar-refractivity contribution in [3.63, 3.8) is 0 Å². The van der Waals surface area contributed by atoms with Crippen LogP contribution in [0.4, 0.5) is 5.13 Å². The molecule has 0 saturated heterocycles. The molecule has 8 nitrogen and oxygen atoms in total. The van der Waals surface area contributed by atoms with Gasteiger partial charge in [0.15, 0.2) is 9.84 Å². The first kappa shape index (κ1) is 23.0. The van der Waals surface area contributed by atoms with Gasteiger partial charge in [-0.15, -0.1) is 0 Å². The van der Waals surface area contributed by atoms with Crippen molar-refractivity contribution < 1.29 is 17.9 Å². The smallest absolute Gasteiger partial charge is 0.202 e.